The molecule has 1 amide bonds. The minimum absolute atomic E-state index is 0.0714. The molecule has 9 heteroatoms. The van der Waals surface area contributed by atoms with Crippen molar-refractivity contribution in [2.24, 2.45) is 0 Å². The fourth-order valence-electron chi connectivity index (χ4n) is 3.25. The van der Waals surface area contributed by atoms with Gasteiger partial charge in [-0.2, -0.15) is 0 Å². The van der Waals surface area contributed by atoms with Crippen LogP contribution in [0.2, 0.25) is 0 Å². The molecule has 0 aliphatic carbocycles. The van der Waals surface area contributed by atoms with Crippen LogP contribution in [0.3, 0.4) is 0 Å². The first-order chi connectivity index (χ1) is 13.9. The van der Waals surface area contributed by atoms with Crippen LogP contribution in [0.4, 0.5) is 5.69 Å². The van der Waals surface area contributed by atoms with Crippen LogP contribution in [0, 0.1) is 10.1 Å². The molecular formula is C20H20N2O7. The number of esters is 1. The lowest BCUT2D eigenvalue weighted by Crippen LogP contribution is -2.50. The van der Waals surface area contributed by atoms with Crippen LogP contribution in [0.1, 0.15) is 11.1 Å². The number of nitro groups is 1. The van der Waals surface area contributed by atoms with E-state index in [1.54, 1.807) is 0 Å². The molecule has 2 aromatic rings. The van der Waals surface area contributed by atoms with Gasteiger partial charge in [0.05, 0.1) is 25.2 Å². The van der Waals surface area contributed by atoms with Crippen LogP contribution in [-0.4, -0.2) is 48.6 Å². The maximum atomic E-state index is 12.8. The number of carbonyl (C=O) groups excluding carboxylic acids is 2. The Morgan fingerprint density at radius 1 is 1.14 bits per heavy atom. The zero-order valence-corrected chi connectivity index (χ0v) is 16.0. The molecule has 29 heavy (non-hydrogen) atoms. The van der Waals surface area contributed by atoms with E-state index >= 15 is 0 Å². The van der Waals surface area contributed by atoms with E-state index in [4.69, 9.17) is 14.2 Å². The van der Waals surface area contributed by atoms with E-state index in [1.807, 2.05) is 24.3 Å². The summed E-state index contributed by atoms with van der Waals surface area (Å²) in [6.07, 6.45) is 0.342. The van der Waals surface area contributed by atoms with Crippen molar-refractivity contribution in [2.45, 2.75) is 19.0 Å². The fourth-order valence-corrected chi connectivity index (χ4v) is 3.25. The second-order valence-corrected chi connectivity index (χ2v) is 6.41. The molecule has 0 spiro atoms. The molecule has 1 atom stereocenters. The summed E-state index contributed by atoms with van der Waals surface area (Å²) < 4.78 is 15.5. The van der Waals surface area contributed by atoms with Gasteiger partial charge in [-0.25, -0.2) is 4.79 Å². The Morgan fingerprint density at radius 3 is 2.52 bits per heavy atom. The van der Waals surface area contributed by atoms with Crippen molar-refractivity contribution >= 4 is 17.6 Å². The van der Waals surface area contributed by atoms with Gasteiger partial charge in [0.15, 0.2) is 18.1 Å². The number of hydrogen-bond donors (Lipinski definition) is 0. The lowest BCUT2D eigenvalue weighted by Gasteiger charge is -2.35. The fraction of sp³-hybridized carbons (Fsp3) is 0.300. The van der Waals surface area contributed by atoms with Crippen LogP contribution < -0.4 is 9.47 Å². The van der Waals surface area contributed by atoms with E-state index in [0.717, 1.165) is 11.1 Å². The van der Waals surface area contributed by atoms with Crippen LogP contribution in [-0.2, 0) is 27.3 Å². The van der Waals surface area contributed by atoms with E-state index in [-0.39, 0.29) is 23.7 Å². The Bertz CT molecular complexity index is 944. The molecule has 0 bridgehead atoms. The van der Waals surface area contributed by atoms with E-state index in [1.165, 1.54) is 37.3 Å². The number of carbonyl (C=O) groups is 2. The summed E-state index contributed by atoms with van der Waals surface area (Å²) in [5, 5.41) is 11.0. The molecule has 0 saturated heterocycles. The summed E-state index contributed by atoms with van der Waals surface area (Å²) in [5.74, 6) is -0.622. The zero-order valence-electron chi connectivity index (χ0n) is 16.0. The summed E-state index contributed by atoms with van der Waals surface area (Å²) in [5.41, 5.74) is 1.73. The first-order valence-corrected chi connectivity index (χ1v) is 8.84. The highest BCUT2D eigenvalue weighted by molar-refractivity contribution is 5.86. The summed E-state index contributed by atoms with van der Waals surface area (Å²) in [6, 6.07) is 10.7. The standard InChI is InChI=1S/C20H20N2O7/c1-27-17-8-7-15(22(25)26)10-18(17)29-12-19(23)21-11-14-6-4-3-5-13(14)9-16(21)20(24)28-2/h3-8,10,16H,9,11-12H2,1-2H3/t16-/m0/s1. The van der Waals surface area contributed by atoms with Crippen molar-refractivity contribution in [1.29, 1.82) is 0 Å². The van der Waals surface area contributed by atoms with Crippen molar-refractivity contribution < 1.29 is 28.7 Å². The molecular weight excluding hydrogens is 380 g/mol. The first-order valence-electron chi connectivity index (χ1n) is 8.84. The third kappa shape index (κ3) is 4.29. The molecule has 152 valence electrons. The Kier molecular flexibility index (Phi) is 5.96. The largest absolute Gasteiger partial charge is 0.493 e. The van der Waals surface area contributed by atoms with Crippen molar-refractivity contribution in [2.75, 3.05) is 20.8 Å². The number of fused-ring (bicyclic) bond motifs is 1. The smallest absolute Gasteiger partial charge is 0.328 e. The molecule has 1 aliphatic rings. The van der Waals surface area contributed by atoms with Crippen molar-refractivity contribution in [1.82, 2.24) is 4.90 Å². The second-order valence-electron chi connectivity index (χ2n) is 6.41. The zero-order chi connectivity index (χ0) is 21.0. The van der Waals surface area contributed by atoms with Gasteiger partial charge in [0.2, 0.25) is 0 Å². The SMILES string of the molecule is COC(=O)[C@@H]1Cc2ccccc2CN1C(=O)COc1cc([N+](=O)[O-])ccc1OC. The predicted octanol–water partition coefficient (Wildman–Crippen LogP) is 2.11. The van der Waals surface area contributed by atoms with Gasteiger partial charge in [-0.1, -0.05) is 24.3 Å². The Hall–Kier alpha value is -3.62. The lowest BCUT2D eigenvalue weighted by atomic mass is 9.94. The van der Waals surface area contributed by atoms with Crippen LogP contribution in [0.15, 0.2) is 42.5 Å². The molecule has 0 radical (unpaired) electrons. The molecule has 3 rings (SSSR count). The molecule has 1 heterocycles. The summed E-state index contributed by atoms with van der Waals surface area (Å²) in [4.78, 5) is 36.9. The maximum Gasteiger partial charge on any atom is 0.328 e. The number of amides is 1. The molecule has 0 saturated carbocycles. The van der Waals surface area contributed by atoms with Crippen molar-refractivity contribution in [3.05, 3.63) is 63.7 Å². The van der Waals surface area contributed by atoms with Crippen molar-refractivity contribution in [3.63, 3.8) is 0 Å². The van der Waals surface area contributed by atoms with Gasteiger partial charge in [0, 0.05) is 19.0 Å². The number of hydrogen-bond acceptors (Lipinski definition) is 7. The summed E-state index contributed by atoms with van der Waals surface area (Å²) in [6.45, 7) is -0.169. The minimum atomic E-state index is -0.766. The van der Waals surface area contributed by atoms with Gasteiger partial charge < -0.3 is 19.1 Å². The predicted molar refractivity (Wildman–Crippen MR) is 102 cm³/mol. The van der Waals surface area contributed by atoms with Gasteiger partial charge in [0.1, 0.15) is 6.04 Å². The van der Waals surface area contributed by atoms with E-state index in [0.29, 0.717) is 6.42 Å². The number of benzene rings is 2. The van der Waals surface area contributed by atoms with Gasteiger partial charge >= 0.3 is 5.97 Å². The average molecular weight is 400 g/mol. The molecule has 0 aromatic heterocycles. The van der Waals surface area contributed by atoms with Gasteiger partial charge in [-0.3, -0.25) is 14.9 Å². The number of nitrogens with zero attached hydrogens (tertiary/aromatic N) is 2. The lowest BCUT2D eigenvalue weighted by molar-refractivity contribution is -0.385. The highest BCUT2D eigenvalue weighted by Crippen LogP contribution is 2.31. The molecule has 1 aliphatic heterocycles. The molecule has 9 nitrogen and oxygen atoms in total. The van der Waals surface area contributed by atoms with Crippen molar-refractivity contribution in [3.8, 4) is 11.5 Å². The van der Waals surface area contributed by atoms with E-state index < -0.39 is 29.4 Å². The average Bonchev–Trinajstić information content (AvgIpc) is 2.75. The third-order valence-electron chi connectivity index (χ3n) is 4.75. The third-order valence-corrected chi connectivity index (χ3v) is 4.75. The molecule has 0 N–H and O–H groups in total. The maximum absolute atomic E-state index is 12.8. The van der Waals surface area contributed by atoms with Gasteiger partial charge in [-0.05, 0) is 17.2 Å². The molecule has 0 fully saturated rings. The Balaban J connectivity index is 1.79. The first kappa shape index (κ1) is 20.1. The highest BCUT2D eigenvalue weighted by Gasteiger charge is 2.35. The van der Waals surface area contributed by atoms with E-state index in [9.17, 15) is 19.7 Å². The van der Waals surface area contributed by atoms with E-state index in [2.05, 4.69) is 0 Å². The topological polar surface area (TPSA) is 108 Å². The summed E-state index contributed by atoms with van der Waals surface area (Å²) in [7, 11) is 2.67. The quantitative estimate of drug-likeness (QED) is 0.415. The van der Waals surface area contributed by atoms with Gasteiger partial charge in [0.25, 0.3) is 11.6 Å². The monoisotopic (exact) mass is 400 g/mol. The second kappa shape index (κ2) is 8.59. The number of methoxy groups -OCH3 is 2. The Morgan fingerprint density at radius 2 is 1.86 bits per heavy atom. The van der Waals surface area contributed by atoms with Crippen LogP contribution in [0.25, 0.3) is 0 Å². The minimum Gasteiger partial charge on any atom is -0.493 e. The number of rotatable bonds is 6. The van der Waals surface area contributed by atoms with Crippen LogP contribution >= 0.6 is 0 Å². The molecule has 0 unspecified atom stereocenters. The Labute approximate surface area is 166 Å². The highest BCUT2D eigenvalue weighted by atomic mass is 16.6. The molecule has 2 aromatic carbocycles. The number of non-ortho nitro benzene ring substituents is 1. The normalized spacial score (nSPS) is 15.2. The van der Waals surface area contributed by atoms with Crippen LogP contribution in [0.5, 0.6) is 11.5 Å². The number of nitro benzene ring substituents is 1. The number of ether oxygens (including phenoxy) is 3. The van der Waals surface area contributed by atoms with Gasteiger partial charge in [-0.15, -0.1) is 0 Å². The summed E-state index contributed by atoms with van der Waals surface area (Å²) >= 11 is 0.